The molecule has 1 atom stereocenters. The Morgan fingerprint density at radius 3 is 2.28 bits per heavy atom. The van der Waals surface area contributed by atoms with Gasteiger partial charge in [0, 0.05) is 5.41 Å². The molecule has 0 heterocycles. The third-order valence-electron chi connectivity index (χ3n) is 3.58. The van der Waals surface area contributed by atoms with Gasteiger partial charge in [-0.3, -0.25) is 4.79 Å². The van der Waals surface area contributed by atoms with Crippen LogP contribution in [0.25, 0.3) is 0 Å². The number of carboxylic acids is 1. The predicted molar refractivity (Wildman–Crippen MR) is 67.0 cm³/mol. The maximum atomic E-state index is 12.2. The molecular formula is C13H23NO4. The molecule has 5 heteroatoms. The number of aliphatic hydroxyl groups is 1. The van der Waals surface area contributed by atoms with Crippen molar-refractivity contribution >= 4 is 11.9 Å². The fraction of sp³-hybridized carbons (Fsp3) is 0.846. The molecule has 104 valence electrons. The van der Waals surface area contributed by atoms with Crippen LogP contribution in [0.5, 0.6) is 0 Å². The number of aliphatic hydroxyl groups excluding tert-OH is 1. The molecule has 1 aliphatic rings. The van der Waals surface area contributed by atoms with Crippen LogP contribution in [0.3, 0.4) is 0 Å². The Bertz CT molecular complexity index is 308. The summed E-state index contributed by atoms with van der Waals surface area (Å²) < 4.78 is 0. The average molecular weight is 257 g/mol. The molecule has 1 saturated carbocycles. The van der Waals surface area contributed by atoms with Gasteiger partial charge >= 0.3 is 5.97 Å². The van der Waals surface area contributed by atoms with E-state index < -0.39 is 12.1 Å². The van der Waals surface area contributed by atoms with Crippen molar-refractivity contribution in [3.63, 3.8) is 0 Å². The monoisotopic (exact) mass is 257 g/mol. The van der Waals surface area contributed by atoms with Crippen molar-refractivity contribution in [1.29, 1.82) is 0 Å². The topological polar surface area (TPSA) is 86.6 Å². The highest BCUT2D eigenvalue weighted by atomic mass is 16.4. The lowest BCUT2D eigenvalue weighted by Crippen LogP contribution is -2.44. The fourth-order valence-corrected chi connectivity index (χ4v) is 2.82. The van der Waals surface area contributed by atoms with E-state index in [2.05, 4.69) is 19.2 Å². The van der Waals surface area contributed by atoms with Crippen LogP contribution in [0.1, 0.15) is 46.0 Å². The van der Waals surface area contributed by atoms with Gasteiger partial charge in [-0.05, 0) is 25.2 Å². The second-order valence-electron chi connectivity index (χ2n) is 5.65. The van der Waals surface area contributed by atoms with Crippen LogP contribution in [-0.2, 0) is 9.59 Å². The van der Waals surface area contributed by atoms with Gasteiger partial charge in [0.25, 0.3) is 0 Å². The first kappa shape index (κ1) is 15.0. The summed E-state index contributed by atoms with van der Waals surface area (Å²) >= 11 is 0. The van der Waals surface area contributed by atoms with E-state index in [-0.39, 0.29) is 17.9 Å². The SMILES string of the molecule is CC(C)CC1(C(=O)NC[C@H](O)C(=O)O)CCCC1. The minimum absolute atomic E-state index is 0.103. The zero-order chi connectivity index (χ0) is 13.8. The van der Waals surface area contributed by atoms with Crippen LogP contribution in [-0.4, -0.2) is 34.7 Å². The van der Waals surface area contributed by atoms with Gasteiger partial charge in [0.05, 0.1) is 6.54 Å². The van der Waals surface area contributed by atoms with Crippen LogP contribution < -0.4 is 5.32 Å². The Morgan fingerprint density at radius 1 is 1.28 bits per heavy atom. The molecule has 1 rings (SSSR count). The van der Waals surface area contributed by atoms with Crippen molar-refractivity contribution in [3.8, 4) is 0 Å². The van der Waals surface area contributed by atoms with Crippen LogP contribution in [0.2, 0.25) is 0 Å². The Morgan fingerprint density at radius 2 is 1.83 bits per heavy atom. The Kier molecular flexibility index (Phi) is 5.14. The molecule has 1 fully saturated rings. The van der Waals surface area contributed by atoms with E-state index in [1.54, 1.807) is 0 Å². The molecular weight excluding hydrogens is 234 g/mol. The number of hydrogen-bond donors (Lipinski definition) is 3. The molecule has 0 spiro atoms. The molecule has 0 aromatic rings. The Hall–Kier alpha value is -1.10. The third-order valence-corrected chi connectivity index (χ3v) is 3.58. The number of aliphatic carboxylic acids is 1. The molecule has 5 nitrogen and oxygen atoms in total. The summed E-state index contributed by atoms with van der Waals surface area (Å²) in [5.74, 6) is -0.980. The molecule has 1 aliphatic carbocycles. The van der Waals surface area contributed by atoms with Gasteiger partial charge < -0.3 is 15.5 Å². The fourth-order valence-electron chi connectivity index (χ4n) is 2.82. The first-order valence-electron chi connectivity index (χ1n) is 6.56. The van der Waals surface area contributed by atoms with E-state index >= 15 is 0 Å². The van der Waals surface area contributed by atoms with Crippen LogP contribution in [0.15, 0.2) is 0 Å². The van der Waals surface area contributed by atoms with Gasteiger partial charge in [0.15, 0.2) is 6.10 Å². The van der Waals surface area contributed by atoms with Crippen molar-refractivity contribution in [2.24, 2.45) is 11.3 Å². The van der Waals surface area contributed by atoms with Crippen LogP contribution in [0, 0.1) is 11.3 Å². The highest BCUT2D eigenvalue weighted by Gasteiger charge is 2.41. The summed E-state index contributed by atoms with van der Waals surface area (Å²) in [6.07, 6.45) is 3.11. The molecule has 0 aromatic carbocycles. The number of hydrogen-bond acceptors (Lipinski definition) is 3. The lowest BCUT2D eigenvalue weighted by Gasteiger charge is -2.29. The zero-order valence-electron chi connectivity index (χ0n) is 11.1. The number of carbonyl (C=O) groups excluding carboxylic acids is 1. The van der Waals surface area contributed by atoms with E-state index in [1.807, 2.05) is 0 Å². The summed E-state index contributed by atoms with van der Waals surface area (Å²) in [5, 5.41) is 20.3. The van der Waals surface area contributed by atoms with Gasteiger partial charge in [-0.15, -0.1) is 0 Å². The standard InChI is InChI=1S/C13H23NO4/c1-9(2)7-13(5-3-4-6-13)12(18)14-8-10(15)11(16)17/h9-10,15H,3-8H2,1-2H3,(H,14,18)(H,16,17)/t10-/m0/s1. The van der Waals surface area contributed by atoms with Crippen molar-refractivity contribution in [1.82, 2.24) is 5.32 Å². The maximum Gasteiger partial charge on any atom is 0.334 e. The van der Waals surface area contributed by atoms with E-state index in [4.69, 9.17) is 10.2 Å². The van der Waals surface area contributed by atoms with Crippen LogP contribution in [0.4, 0.5) is 0 Å². The quantitative estimate of drug-likeness (QED) is 0.666. The maximum absolute atomic E-state index is 12.2. The minimum atomic E-state index is -1.52. The molecule has 1 amide bonds. The third kappa shape index (κ3) is 3.70. The molecule has 18 heavy (non-hydrogen) atoms. The lowest BCUT2D eigenvalue weighted by atomic mass is 9.77. The summed E-state index contributed by atoms with van der Waals surface area (Å²) in [6, 6.07) is 0. The first-order valence-corrected chi connectivity index (χ1v) is 6.56. The van der Waals surface area contributed by atoms with E-state index in [1.165, 1.54) is 0 Å². The normalized spacial score (nSPS) is 19.8. The summed E-state index contributed by atoms with van der Waals surface area (Å²) in [6.45, 7) is 3.95. The van der Waals surface area contributed by atoms with Crippen molar-refractivity contribution < 1.29 is 19.8 Å². The summed E-state index contributed by atoms with van der Waals surface area (Å²) in [4.78, 5) is 22.7. The van der Waals surface area contributed by atoms with E-state index in [0.29, 0.717) is 5.92 Å². The Balaban J connectivity index is 2.58. The van der Waals surface area contributed by atoms with Gasteiger partial charge in [0.2, 0.25) is 5.91 Å². The number of rotatable bonds is 6. The average Bonchev–Trinajstić information content (AvgIpc) is 2.73. The molecule has 0 radical (unpaired) electrons. The van der Waals surface area contributed by atoms with Crippen molar-refractivity contribution in [2.75, 3.05) is 6.54 Å². The second-order valence-corrected chi connectivity index (χ2v) is 5.65. The molecule has 0 unspecified atom stereocenters. The first-order chi connectivity index (χ1) is 8.37. The molecule has 3 N–H and O–H groups in total. The van der Waals surface area contributed by atoms with E-state index in [9.17, 15) is 9.59 Å². The van der Waals surface area contributed by atoms with Gasteiger partial charge in [-0.2, -0.15) is 0 Å². The van der Waals surface area contributed by atoms with Gasteiger partial charge in [-0.25, -0.2) is 4.79 Å². The van der Waals surface area contributed by atoms with Gasteiger partial charge in [-0.1, -0.05) is 26.7 Å². The minimum Gasteiger partial charge on any atom is -0.479 e. The largest absolute Gasteiger partial charge is 0.479 e. The smallest absolute Gasteiger partial charge is 0.334 e. The van der Waals surface area contributed by atoms with Gasteiger partial charge in [0.1, 0.15) is 0 Å². The predicted octanol–water partition coefficient (Wildman–Crippen LogP) is 1.15. The highest BCUT2D eigenvalue weighted by Crippen LogP contribution is 2.43. The molecule has 0 aromatic heterocycles. The number of carbonyl (C=O) groups is 2. The summed E-state index contributed by atoms with van der Waals surface area (Å²) in [5.41, 5.74) is -0.355. The second kappa shape index (κ2) is 6.18. The number of carboxylic acid groups (broad SMARTS) is 1. The Labute approximate surface area is 108 Å². The number of amides is 1. The number of nitrogens with one attached hydrogen (secondary N) is 1. The summed E-state index contributed by atoms with van der Waals surface area (Å²) in [7, 11) is 0. The lowest BCUT2D eigenvalue weighted by molar-refractivity contribution is -0.146. The highest BCUT2D eigenvalue weighted by molar-refractivity contribution is 5.83. The van der Waals surface area contributed by atoms with Crippen molar-refractivity contribution in [3.05, 3.63) is 0 Å². The zero-order valence-corrected chi connectivity index (χ0v) is 11.1. The molecule has 0 saturated heterocycles. The molecule has 0 bridgehead atoms. The van der Waals surface area contributed by atoms with Crippen molar-refractivity contribution in [2.45, 2.75) is 52.1 Å². The van der Waals surface area contributed by atoms with E-state index in [0.717, 1.165) is 32.1 Å². The van der Waals surface area contributed by atoms with Crippen LogP contribution >= 0.6 is 0 Å². The molecule has 0 aliphatic heterocycles.